The van der Waals surface area contributed by atoms with Gasteiger partial charge in [0.1, 0.15) is 0 Å². The van der Waals surface area contributed by atoms with Gasteiger partial charge in [-0.2, -0.15) is 0 Å². The highest BCUT2D eigenvalue weighted by atomic mass is 35.5. The summed E-state index contributed by atoms with van der Waals surface area (Å²) in [6.45, 7) is 0.381. The molecule has 1 N–H and O–H groups in total. The minimum atomic E-state index is -0.368. The molecule has 6 heteroatoms. The van der Waals surface area contributed by atoms with Crippen LogP contribution < -0.4 is 5.32 Å². The Morgan fingerprint density at radius 1 is 1.53 bits per heavy atom. The maximum absolute atomic E-state index is 11.5. The molecule has 0 fully saturated rings. The van der Waals surface area contributed by atoms with Crippen molar-refractivity contribution in [1.29, 1.82) is 0 Å². The zero-order chi connectivity index (χ0) is 11.3. The fourth-order valence-corrected chi connectivity index (χ4v) is 1.18. The first-order valence-corrected chi connectivity index (χ1v) is 4.81. The smallest absolute Gasteiger partial charge is 0.254 e. The Kier molecular flexibility index (Phi) is 4.35. The molecular weight excluding hydrogens is 237 g/mol. The Morgan fingerprint density at radius 2 is 2.27 bits per heavy atom. The summed E-state index contributed by atoms with van der Waals surface area (Å²) < 4.78 is 0. The lowest BCUT2D eigenvalue weighted by Gasteiger charge is -2.03. The molecule has 78 valence electrons. The molecule has 0 radical (unpaired) electrons. The molecule has 1 aromatic rings. The summed E-state index contributed by atoms with van der Waals surface area (Å²) in [4.78, 5) is 11.5. The molecule has 0 unspecified atom stereocenters. The number of amides is 1. The first-order chi connectivity index (χ1) is 7.15. The van der Waals surface area contributed by atoms with Crippen molar-refractivity contribution in [1.82, 2.24) is 15.5 Å². The normalized spacial score (nSPS) is 9.40. The van der Waals surface area contributed by atoms with Gasteiger partial charge in [-0.1, -0.05) is 23.2 Å². The van der Waals surface area contributed by atoms with Gasteiger partial charge in [-0.3, -0.25) is 4.79 Å². The van der Waals surface area contributed by atoms with Crippen LogP contribution in [0.2, 0.25) is 10.3 Å². The van der Waals surface area contributed by atoms with Crippen molar-refractivity contribution >= 4 is 29.1 Å². The number of carbonyl (C=O) groups is 1. The highest BCUT2D eigenvalue weighted by Gasteiger charge is 2.12. The van der Waals surface area contributed by atoms with Gasteiger partial charge in [0.15, 0.2) is 10.3 Å². The van der Waals surface area contributed by atoms with Gasteiger partial charge >= 0.3 is 0 Å². The van der Waals surface area contributed by atoms with Crippen molar-refractivity contribution in [2.24, 2.45) is 0 Å². The number of aromatic nitrogens is 2. The Balaban J connectivity index is 2.73. The van der Waals surface area contributed by atoms with Crippen LogP contribution in [0.4, 0.5) is 0 Å². The number of terminal acetylenes is 1. The zero-order valence-corrected chi connectivity index (χ0v) is 9.14. The van der Waals surface area contributed by atoms with Crippen molar-refractivity contribution in [3.63, 3.8) is 0 Å². The van der Waals surface area contributed by atoms with Gasteiger partial charge < -0.3 is 5.32 Å². The van der Waals surface area contributed by atoms with Crippen LogP contribution >= 0.6 is 23.2 Å². The molecule has 1 aromatic heterocycles. The van der Waals surface area contributed by atoms with Crippen LogP contribution in [0.3, 0.4) is 0 Å². The van der Waals surface area contributed by atoms with E-state index in [9.17, 15) is 4.79 Å². The summed E-state index contributed by atoms with van der Waals surface area (Å²) in [5, 5.41) is 9.70. The number of hydrogen-bond donors (Lipinski definition) is 1. The van der Waals surface area contributed by atoms with Gasteiger partial charge in [-0.25, -0.2) is 0 Å². The minimum absolute atomic E-state index is 0.0117. The Labute approximate surface area is 97.0 Å². The van der Waals surface area contributed by atoms with Crippen LogP contribution in [0.1, 0.15) is 16.8 Å². The molecule has 0 aliphatic heterocycles. The van der Waals surface area contributed by atoms with E-state index in [0.29, 0.717) is 13.0 Å². The zero-order valence-electron chi connectivity index (χ0n) is 7.63. The predicted octanol–water partition coefficient (Wildman–Crippen LogP) is 1.54. The maximum atomic E-state index is 11.5. The van der Waals surface area contributed by atoms with E-state index in [1.54, 1.807) is 0 Å². The van der Waals surface area contributed by atoms with E-state index < -0.39 is 0 Å². The third-order valence-electron chi connectivity index (χ3n) is 1.52. The molecule has 0 bridgehead atoms. The van der Waals surface area contributed by atoms with Gasteiger partial charge in [0.2, 0.25) is 0 Å². The lowest BCUT2D eigenvalue weighted by Crippen LogP contribution is -2.24. The second-order valence-electron chi connectivity index (χ2n) is 2.58. The van der Waals surface area contributed by atoms with Gasteiger partial charge in [0, 0.05) is 13.0 Å². The topological polar surface area (TPSA) is 54.9 Å². The van der Waals surface area contributed by atoms with E-state index in [1.165, 1.54) is 6.07 Å². The number of hydrogen-bond acceptors (Lipinski definition) is 3. The van der Waals surface area contributed by atoms with Crippen molar-refractivity contribution in [3.05, 3.63) is 21.9 Å². The summed E-state index contributed by atoms with van der Waals surface area (Å²) in [6, 6.07) is 1.35. The molecule has 1 heterocycles. The van der Waals surface area contributed by atoms with Gasteiger partial charge in [-0.15, -0.1) is 22.5 Å². The average molecular weight is 244 g/mol. The number of nitrogens with one attached hydrogen (secondary N) is 1. The van der Waals surface area contributed by atoms with Crippen molar-refractivity contribution < 1.29 is 4.79 Å². The van der Waals surface area contributed by atoms with E-state index in [2.05, 4.69) is 21.4 Å². The number of nitrogens with zero attached hydrogens (tertiary/aromatic N) is 2. The van der Waals surface area contributed by atoms with Gasteiger partial charge in [-0.05, 0) is 6.07 Å². The van der Waals surface area contributed by atoms with Crippen LogP contribution in [-0.2, 0) is 0 Å². The molecule has 0 atom stereocenters. The number of rotatable bonds is 3. The van der Waals surface area contributed by atoms with E-state index in [4.69, 9.17) is 29.6 Å². The lowest BCUT2D eigenvalue weighted by atomic mass is 10.3. The fraction of sp³-hybridized carbons (Fsp3) is 0.222. The van der Waals surface area contributed by atoms with E-state index >= 15 is 0 Å². The molecular formula is C9H7Cl2N3O. The second-order valence-corrected chi connectivity index (χ2v) is 3.33. The summed E-state index contributed by atoms with van der Waals surface area (Å²) in [5.41, 5.74) is 0.189. The van der Waals surface area contributed by atoms with Crippen LogP contribution in [0.5, 0.6) is 0 Å². The predicted molar refractivity (Wildman–Crippen MR) is 57.8 cm³/mol. The Bertz CT molecular complexity index is 414. The minimum Gasteiger partial charge on any atom is -0.351 e. The van der Waals surface area contributed by atoms with Crippen molar-refractivity contribution in [2.75, 3.05) is 6.54 Å². The highest BCUT2D eigenvalue weighted by Crippen LogP contribution is 2.14. The highest BCUT2D eigenvalue weighted by molar-refractivity contribution is 6.34. The Hall–Kier alpha value is -1.31. The van der Waals surface area contributed by atoms with Gasteiger partial charge in [0.25, 0.3) is 5.91 Å². The molecule has 1 rings (SSSR count). The van der Waals surface area contributed by atoms with Crippen LogP contribution in [0, 0.1) is 12.3 Å². The lowest BCUT2D eigenvalue weighted by molar-refractivity contribution is 0.0954. The second kappa shape index (κ2) is 5.54. The molecule has 0 saturated carbocycles. The summed E-state index contributed by atoms with van der Waals surface area (Å²) >= 11 is 11.2. The molecule has 1 amide bonds. The van der Waals surface area contributed by atoms with E-state index in [1.807, 2.05) is 0 Å². The fourth-order valence-electron chi connectivity index (χ4n) is 0.856. The number of halogens is 2. The molecule has 4 nitrogen and oxygen atoms in total. The van der Waals surface area contributed by atoms with Crippen LogP contribution in [0.15, 0.2) is 6.07 Å². The Morgan fingerprint density at radius 3 is 2.93 bits per heavy atom. The molecule has 15 heavy (non-hydrogen) atoms. The van der Waals surface area contributed by atoms with Crippen LogP contribution in [0.25, 0.3) is 0 Å². The van der Waals surface area contributed by atoms with Crippen molar-refractivity contribution in [3.8, 4) is 12.3 Å². The monoisotopic (exact) mass is 243 g/mol. The van der Waals surface area contributed by atoms with Crippen molar-refractivity contribution in [2.45, 2.75) is 6.42 Å². The third-order valence-corrected chi connectivity index (χ3v) is 1.98. The largest absolute Gasteiger partial charge is 0.351 e. The van der Waals surface area contributed by atoms with Crippen LogP contribution in [-0.4, -0.2) is 22.6 Å². The summed E-state index contributed by atoms with van der Waals surface area (Å²) in [7, 11) is 0. The first kappa shape index (κ1) is 11.8. The van der Waals surface area contributed by atoms with E-state index in [0.717, 1.165) is 0 Å². The molecule has 0 aliphatic rings. The summed E-state index contributed by atoms with van der Waals surface area (Å²) in [6.07, 6.45) is 5.49. The molecule has 0 spiro atoms. The number of carbonyl (C=O) groups excluding carboxylic acids is 1. The molecule has 0 aliphatic carbocycles. The third kappa shape index (κ3) is 3.39. The SMILES string of the molecule is C#CCCNC(=O)c1cc(Cl)nnc1Cl. The average Bonchev–Trinajstić information content (AvgIpc) is 2.22. The quantitative estimate of drug-likeness (QED) is 0.648. The maximum Gasteiger partial charge on any atom is 0.254 e. The van der Waals surface area contributed by atoms with E-state index in [-0.39, 0.29) is 21.8 Å². The molecule has 0 aromatic carbocycles. The van der Waals surface area contributed by atoms with Gasteiger partial charge in [0.05, 0.1) is 5.56 Å². The summed E-state index contributed by atoms with van der Waals surface area (Å²) in [5.74, 6) is 2.03. The standard InChI is InChI=1S/C9H7Cl2N3O/c1-2-3-4-12-9(15)6-5-7(10)13-14-8(6)11/h1,5H,3-4H2,(H,12,15). The molecule has 0 saturated heterocycles. The first-order valence-electron chi connectivity index (χ1n) is 4.05.